The fourth-order valence-corrected chi connectivity index (χ4v) is 6.97. The molecule has 0 saturated heterocycles. The molecule has 0 aliphatic carbocycles. The zero-order valence-corrected chi connectivity index (χ0v) is 36.3. The second-order valence-electron chi connectivity index (χ2n) is 15.9. The van der Waals surface area contributed by atoms with Crippen LogP contribution in [0.15, 0.2) is 48.6 Å². The van der Waals surface area contributed by atoms with Gasteiger partial charge in [-0.05, 0) is 44.9 Å². The van der Waals surface area contributed by atoms with Crippen molar-refractivity contribution in [3.05, 3.63) is 48.6 Å². The zero-order valence-electron chi connectivity index (χ0n) is 36.3. The summed E-state index contributed by atoms with van der Waals surface area (Å²) < 4.78 is 5.89. The van der Waals surface area contributed by atoms with Crippen molar-refractivity contribution >= 4 is 11.9 Å². The summed E-state index contributed by atoms with van der Waals surface area (Å²) in [7, 11) is 0. The van der Waals surface area contributed by atoms with Crippen LogP contribution < -0.4 is 5.32 Å². The van der Waals surface area contributed by atoms with Crippen molar-refractivity contribution in [3.63, 3.8) is 0 Å². The highest BCUT2D eigenvalue weighted by Gasteiger charge is 2.24. The molecule has 0 bridgehead atoms. The van der Waals surface area contributed by atoms with Crippen molar-refractivity contribution in [2.75, 3.05) is 6.61 Å². The molecule has 0 aromatic rings. The average Bonchev–Trinajstić information content (AvgIpc) is 3.18. The highest BCUT2D eigenvalue weighted by atomic mass is 16.5. The third-order valence-electron chi connectivity index (χ3n) is 10.5. The van der Waals surface area contributed by atoms with Crippen molar-refractivity contribution < 1.29 is 24.5 Å². The van der Waals surface area contributed by atoms with E-state index in [1.807, 2.05) is 24.3 Å². The van der Waals surface area contributed by atoms with E-state index >= 15 is 0 Å². The summed E-state index contributed by atoms with van der Waals surface area (Å²) >= 11 is 0. The first-order valence-electron chi connectivity index (χ1n) is 23.4. The third kappa shape index (κ3) is 38.5. The molecule has 0 heterocycles. The summed E-state index contributed by atoms with van der Waals surface area (Å²) in [6.07, 6.45) is 50.3. The number of hydrogen-bond acceptors (Lipinski definition) is 5. The van der Waals surface area contributed by atoms with Crippen LogP contribution in [0.2, 0.25) is 0 Å². The maximum Gasteiger partial charge on any atom is 0.306 e. The number of carbonyl (C=O) groups is 2. The molecule has 3 atom stereocenters. The number of amides is 1. The van der Waals surface area contributed by atoms with Gasteiger partial charge in [-0.1, -0.05) is 217 Å². The number of nitrogens with one attached hydrogen (secondary N) is 1. The van der Waals surface area contributed by atoms with E-state index in [1.54, 1.807) is 0 Å². The highest BCUT2D eigenvalue weighted by molar-refractivity contribution is 5.77. The monoisotopic (exact) mass is 772 g/mol. The minimum Gasteiger partial charge on any atom is -0.462 e. The summed E-state index contributed by atoms with van der Waals surface area (Å²) in [5.41, 5.74) is 0. The normalized spacial score (nSPS) is 13.8. The number of rotatable bonds is 41. The minimum absolute atomic E-state index is 0.0531. The van der Waals surface area contributed by atoms with E-state index in [0.29, 0.717) is 19.3 Å². The Morgan fingerprint density at radius 1 is 0.545 bits per heavy atom. The molecule has 3 unspecified atom stereocenters. The number of aliphatic hydroxyl groups excluding tert-OH is 2. The molecule has 0 fully saturated rings. The van der Waals surface area contributed by atoms with Crippen molar-refractivity contribution in [1.29, 1.82) is 0 Å². The lowest BCUT2D eigenvalue weighted by atomic mass is 10.0. The lowest BCUT2D eigenvalue weighted by Crippen LogP contribution is -2.46. The van der Waals surface area contributed by atoms with Crippen molar-refractivity contribution in [2.24, 2.45) is 0 Å². The van der Waals surface area contributed by atoms with Gasteiger partial charge in [0.2, 0.25) is 5.91 Å². The minimum atomic E-state index is -0.795. The summed E-state index contributed by atoms with van der Waals surface area (Å²) in [6.45, 7) is 6.31. The molecule has 55 heavy (non-hydrogen) atoms. The molecular formula is C49H89NO5. The van der Waals surface area contributed by atoms with E-state index in [9.17, 15) is 19.8 Å². The number of carbonyl (C=O) groups excluding carboxylic acids is 2. The van der Waals surface area contributed by atoms with E-state index in [2.05, 4.69) is 50.4 Å². The lowest BCUT2D eigenvalue weighted by Gasteiger charge is -2.24. The number of hydrogen-bond donors (Lipinski definition) is 3. The molecule has 0 aromatic heterocycles. The van der Waals surface area contributed by atoms with Gasteiger partial charge in [0, 0.05) is 6.42 Å². The van der Waals surface area contributed by atoms with Gasteiger partial charge in [0.1, 0.15) is 6.10 Å². The van der Waals surface area contributed by atoms with Crippen molar-refractivity contribution in [3.8, 4) is 0 Å². The fourth-order valence-electron chi connectivity index (χ4n) is 6.97. The number of allylic oxidation sites excluding steroid dienone is 8. The highest BCUT2D eigenvalue weighted by Crippen LogP contribution is 2.17. The maximum absolute atomic E-state index is 13.1. The van der Waals surface area contributed by atoms with E-state index in [1.165, 1.54) is 109 Å². The van der Waals surface area contributed by atoms with E-state index < -0.39 is 18.2 Å². The Kier molecular flexibility index (Phi) is 41.2. The Balaban J connectivity index is 4.66. The molecule has 0 saturated carbocycles. The zero-order chi connectivity index (χ0) is 40.3. The van der Waals surface area contributed by atoms with Crippen LogP contribution in [-0.4, -0.2) is 46.9 Å². The molecule has 3 N–H and O–H groups in total. The molecule has 1 amide bonds. The van der Waals surface area contributed by atoms with Crippen LogP contribution in [0.25, 0.3) is 0 Å². The van der Waals surface area contributed by atoms with Crippen LogP contribution in [0.4, 0.5) is 0 Å². The predicted molar refractivity (Wildman–Crippen MR) is 236 cm³/mol. The molecule has 0 rings (SSSR count). The average molecular weight is 772 g/mol. The number of esters is 1. The van der Waals surface area contributed by atoms with Gasteiger partial charge in [0.25, 0.3) is 0 Å². The number of aliphatic hydroxyl groups is 2. The van der Waals surface area contributed by atoms with E-state index in [-0.39, 0.29) is 24.9 Å². The number of unbranched alkanes of at least 4 members (excludes halogenated alkanes) is 24. The van der Waals surface area contributed by atoms with Gasteiger partial charge in [-0.3, -0.25) is 9.59 Å². The first kappa shape index (κ1) is 52.8. The number of ether oxygens (including phenoxy) is 1. The van der Waals surface area contributed by atoms with Gasteiger partial charge in [0.15, 0.2) is 0 Å². The molecule has 6 nitrogen and oxygen atoms in total. The van der Waals surface area contributed by atoms with E-state index in [0.717, 1.165) is 70.6 Å². The molecular weight excluding hydrogens is 683 g/mol. The summed E-state index contributed by atoms with van der Waals surface area (Å²) in [5, 5.41) is 23.6. The molecule has 0 aliphatic rings. The van der Waals surface area contributed by atoms with Crippen molar-refractivity contribution in [2.45, 2.75) is 244 Å². The topological polar surface area (TPSA) is 95.9 Å². The maximum atomic E-state index is 13.1. The lowest BCUT2D eigenvalue weighted by molar-refractivity contribution is -0.151. The predicted octanol–water partition coefficient (Wildman–Crippen LogP) is 13.5. The Labute approximate surface area is 340 Å². The van der Waals surface area contributed by atoms with Crippen LogP contribution >= 0.6 is 0 Å². The summed E-state index contributed by atoms with van der Waals surface area (Å²) in [4.78, 5) is 26.0. The van der Waals surface area contributed by atoms with E-state index in [4.69, 9.17) is 4.74 Å². The van der Waals surface area contributed by atoms with Crippen LogP contribution in [0.1, 0.15) is 226 Å². The van der Waals surface area contributed by atoms with Crippen LogP contribution in [0, 0.1) is 0 Å². The molecule has 0 radical (unpaired) electrons. The summed E-state index contributed by atoms with van der Waals surface area (Å²) in [5.74, 6) is -0.511. The van der Waals surface area contributed by atoms with Gasteiger partial charge in [-0.15, -0.1) is 0 Å². The molecule has 6 heteroatoms. The van der Waals surface area contributed by atoms with Gasteiger partial charge in [0.05, 0.1) is 25.2 Å². The SMILES string of the molecule is CC/C=C/C=C/C=C/C=C\CCCCCC(CC(=O)NC(CO)C(O)CCCCCCCCCCCC)OC(=O)CCCCCCCCCCCCCCC. The smallest absolute Gasteiger partial charge is 0.306 e. The molecule has 0 aliphatic heterocycles. The Morgan fingerprint density at radius 3 is 1.49 bits per heavy atom. The van der Waals surface area contributed by atoms with Crippen LogP contribution in [0.3, 0.4) is 0 Å². The first-order valence-corrected chi connectivity index (χ1v) is 23.4. The summed E-state index contributed by atoms with van der Waals surface area (Å²) in [6, 6.07) is -0.711. The fraction of sp³-hybridized carbons (Fsp3) is 0.796. The Hall–Kier alpha value is -2.18. The molecule has 0 spiro atoms. The Morgan fingerprint density at radius 2 is 0.982 bits per heavy atom. The van der Waals surface area contributed by atoms with Gasteiger partial charge in [-0.25, -0.2) is 0 Å². The van der Waals surface area contributed by atoms with Gasteiger partial charge in [-0.2, -0.15) is 0 Å². The van der Waals surface area contributed by atoms with Crippen LogP contribution in [-0.2, 0) is 14.3 Å². The van der Waals surface area contributed by atoms with Gasteiger partial charge < -0.3 is 20.3 Å². The molecule has 320 valence electrons. The second-order valence-corrected chi connectivity index (χ2v) is 15.9. The largest absolute Gasteiger partial charge is 0.462 e. The first-order chi connectivity index (χ1) is 27.0. The molecule has 0 aromatic carbocycles. The quantitative estimate of drug-likeness (QED) is 0.0327. The third-order valence-corrected chi connectivity index (χ3v) is 10.5. The second kappa shape index (κ2) is 43.0. The standard InChI is InChI=1S/C49H89NO5/c1-4-7-10-13-16-19-22-24-26-28-31-34-37-40-45(55-49(54)42-39-36-33-30-27-25-23-20-17-14-11-8-5-2)43-48(53)50-46(44-51)47(52)41-38-35-32-29-21-18-15-12-9-6-3/h7,10,13,16,19,22,24,26,45-47,51-52H,4-6,8-9,11-12,14-15,17-18,20-21,23,25,27-44H2,1-3H3,(H,50,53)/b10-7+,16-13+,22-19+,26-24-. The van der Waals surface area contributed by atoms with Gasteiger partial charge >= 0.3 is 5.97 Å². The van der Waals surface area contributed by atoms with Crippen molar-refractivity contribution in [1.82, 2.24) is 5.32 Å². The Bertz CT molecular complexity index is 957. The van der Waals surface area contributed by atoms with Crippen LogP contribution in [0.5, 0.6) is 0 Å².